The summed E-state index contributed by atoms with van der Waals surface area (Å²) >= 11 is 7.46. The van der Waals surface area contributed by atoms with Gasteiger partial charge in [-0.2, -0.15) is 0 Å². The van der Waals surface area contributed by atoms with Crippen molar-refractivity contribution in [1.29, 1.82) is 0 Å². The molecule has 0 amide bonds. The van der Waals surface area contributed by atoms with E-state index in [1.54, 1.807) is 18.4 Å². The smallest absolute Gasteiger partial charge is 0.0931 e. The van der Waals surface area contributed by atoms with Crippen molar-refractivity contribution in [2.45, 2.75) is 38.3 Å². The molecule has 2 unspecified atom stereocenters. The fraction of sp³-hybridized carbons (Fsp3) is 0.636. The van der Waals surface area contributed by atoms with Crippen molar-refractivity contribution in [3.8, 4) is 0 Å². The quantitative estimate of drug-likeness (QED) is 0.839. The summed E-state index contributed by atoms with van der Waals surface area (Å²) < 4.78 is 6.20. The molecule has 1 heterocycles. The highest BCUT2D eigenvalue weighted by atomic mass is 35.5. The van der Waals surface area contributed by atoms with Gasteiger partial charge in [-0.25, -0.2) is 0 Å². The van der Waals surface area contributed by atoms with Crippen LogP contribution in [-0.4, -0.2) is 19.3 Å². The molecule has 0 aliphatic carbocycles. The summed E-state index contributed by atoms with van der Waals surface area (Å²) in [7, 11) is 1.72. The van der Waals surface area contributed by atoms with E-state index in [-0.39, 0.29) is 12.1 Å². The zero-order valence-corrected chi connectivity index (χ0v) is 10.8. The van der Waals surface area contributed by atoms with Gasteiger partial charge in [-0.1, -0.05) is 24.9 Å². The van der Waals surface area contributed by atoms with E-state index in [4.69, 9.17) is 22.1 Å². The van der Waals surface area contributed by atoms with Crippen molar-refractivity contribution >= 4 is 22.9 Å². The van der Waals surface area contributed by atoms with E-state index in [2.05, 4.69) is 6.92 Å². The Morgan fingerprint density at radius 2 is 2.27 bits per heavy atom. The maximum atomic E-state index is 6.09. The Bertz CT molecular complexity index is 290. The number of methoxy groups -OCH3 is 1. The van der Waals surface area contributed by atoms with Crippen molar-refractivity contribution in [2.24, 2.45) is 5.73 Å². The molecule has 0 aliphatic rings. The molecule has 1 rings (SSSR count). The van der Waals surface area contributed by atoms with E-state index in [0.717, 1.165) is 23.6 Å². The molecule has 0 spiro atoms. The van der Waals surface area contributed by atoms with E-state index in [1.165, 1.54) is 4.88 Å². The van der Waals surface area contributed by atoms with Gasteiger partial charge in [0.2, 0.25) is 0 Å². The van der Waals surface area contributed by atoms with Crippen molar-refractivity contribution in [3.63, 3.8) is 0 Å². The average Bonchev–Trinajstić information content (AvgIpc) is 2.60. The number of halogens is 1. The van der Waals surface area contributed by atoms with Crippen LogP contribution in [0.5, 0.6) is 0 Å². The summed E-state index contributed by atoms with van der Waals surface area (Å²) in [4.78, 5) is 1.23. The molecule has 1 aromatic rings. The third-order valence-corrected chi connectivity index (χ3v) is 3.67. The van der Waals surface area contributed by atoms with Crippen molar-refractivity contribution < 1.29 is 4.74 Å². The first-order valence-electron chi connectivity index (χ1n) is 5.20. The Hall–Kier alpha value is -0.0900. The van der Waals surface area contributed by atoms with Gasteiger partial charge in [-0.05, 0) is 25.0 Å². The molecule has 1 aromatic heterocycles. The van der Waals surface area contributed by atoms with Crippen LogP contribution in [0.1, 0.15) is 24.6 Å². The highest BCUT2D eigenvalue weighted by Gasteiger charge is 2.17. The minimum Gasteiger partial charge on any atom is -0.380 e. The van der Waals surface area contributed by atoms with E-state index < -0.39 is 0 Å². The molecule has 2 N–H and O–H groups in total. The summed E-state index contributed by atoms with van der Waals surface area (Å²) in [5.74, 6) is 0. The maximum Gasteiger partial charge on any atom is 0.0931 e. The Balaban J connectivity index is 2.49. The Labute approximate surface area is 100 Å². The van der Waals surface area contributed by atoms with E-state index >= 15 is 0 Å². The second-order valence-electron chi connectivity index (χ2n) is 3.64. The van der Waals surface area contributed by atoms with Gasteiger partial charge in [0.15, 0.2) is 0 Å². The molecule has 0 radical (unpaired) electrons. The third kappa shape index (κ3) is 4.11. The molecule has 4 heteroatoms. The molecule has 15 heavy (non-hydrogen) atoms. The van der Waals surface area contributed by atoms with Crippen LogP contribution < -0.4 is 5.73 Å². The highest BCUT2D eigenvalue weighted by Crippen LogP contribution is 2.23. The fourth-order valence-corrected chi connectivity index (χ4v) is 2.78. The zero-order chi connectivity index (χ0) is 11.3. The van der Waals surface area contributed by atoms with Crippen LogP contribution in [0.25, 0.3) is 0 Å². The largest absolute Gasteiger partial charge is 0.380 e. The van der Waals surface area contributed by atoms with E-state index in [1.807, 2.05) is 12.1 Å². The first-order chi connectivity index (χ1) is 7.17. The molecule has 0 aromatic carbocycles. The van der Waals surface area contributed by atoms with Crippen LogP contribution in [0, 0.1) is 0 Å². The molecule has 0 saturated carbocycles. The minimum absolute atomic E-state index is 0.0599. The molecular weight excluding hydrogens is 230 g/mol. The number of hydrogen-bond acceptors (Lipinski definition) is 3. The number of thiophene rings is 1. The second kappa shape index (κ2) is 6.48. The van der Waals surface area contributed by atoms with E-state index in [0.29, 0.717) is 0 Å². The molecular formula is C11H18ClNOS. The monoisotopic (exact) mass is 247 g/mol. The van der Waals surface area contributed by atoms with Gasteiger partial charge < -0.3 is 10.5 Å². The van der Waals surface area contributed by atoms with Gasteiger partial charge in [0.05, 0.1) is 10.4 Å². The topological polar surface area (TPSA) is 35.2 Å². The van der Waals surface area contributed by atoms with Crippen LogP contribution in [0.2, 0.25) is 4.34 Å². The molecule has 86 valence electrons. The summed E-state index contributed by atoms with van der Waals surface area (Å²) in [5, 5.41) is 0. The zero-order valence-electron chi connectivity index (χ0n) is 9.20. The maximum absolute atomic E-state index is 6.09. The number of rotatable bonds is 6. The van der Waals surface area contributed by atoms with Crippen molar-refractivity contribution in [1.82, 2.24) is 0 Å². The van der Waals surface area contributed by atoms with Crippen molar-refractivity contribution in [3.05, 3.63) is 21.3 Å². The van der Waals surface area contributed by atoms with Gasteiger partial charge in [0.1, 0.15) is 0 Å². The lowest BCUT2D eigenvalue weighted by Crippen LogP contribution is -2.37. The summed E-state index contributed by atoms with van der Waals surface area (Å²) in [5.41, 5.74) is 6.09. The van der Waals surface area contributed by atoms with Crippen LogP contribution in [0.3, 0.4) is 0 Å². The third-order valence-electron chi connectivity index (χ3n) is 2.42. The van der Waals surface area contributed by atoms with Crippen LogP contribution in [0.4, 0.5) is 0 Å². The predicted octanol–water partition coefficient (Wildman–Crippen LogP) is 3.09. The molecule has 0 aliphatic heterocycles. The van der Waals surface area contributed by atoms with Crippen LogP contribution >= 0.6 is 22.9 Å². The summed E-state index contributed by atoms with van der Waals surface area (Å²) in [6.45, 7) is 2.14. The van der Waals surface area contributed by atoms with Gasteiger partial charge in [0, 0.05) is 18.0 Å². The lowest BCUT2D eigenvalue weighted by Gasteiger charge is -2.21. The molecule has 2 nitrogen and oxygen atoms in total. The molecule has 2 atom stereocenters. The Kier molecular flexibility index (Phi) is 5.61. The predicted molar refractivity (Wildman–Crippen MR) is 66.7 cm³/mol. The second-order valence-corrected chi connectivity index (χ2v) is 5.44. The summed E-state index contributed by atoms with van der Waals surface area (Å²) in [6, 6.07) is 4.01. The minimum atomic E-state index is 0.0599. The van der Waals surface area contributed by atoms with Crippen molar-refractivity contribution in [2.75, 3.05) is 7.11 Å². The average molecular weight is 248 g/mol. The van der Waals surface area contributed by atoms with E-state index in [9.17, 15) is 0 Å². The standard InChI is InChI=1S/C11H18ClNOS/c1-3-4-10(14-2)9(13)7-8-5-6-11(12)15-8/h5-6,9-10H,3-4,7,13H2,1-2H3. The summed E-state index contributed by atoms with van der Waals surface area (Å²) in [6.07, 6.45) is 3.10. The highest BCUT2D eigenvalue weighted by molar-refractivity contribution is 7.16. The number of nitrogens with two attached hydrogens (primary N) is 1. The lowest BCUT2D eigenvalue weighted by molar-refractivity contribution is 0.0729. The number of hydrogen-bond donors (Lipinski definition) is 1. The molecule has 0 fully saturated rings. The Morgan fingerprint density at radius 1 is 1.53 bits per heavy atom. The lowest BCUT2D eigenvalue weighted by atomic mass is 10.0. The molecule has 0 bridgehead atoms. The van der Waals surface area contributed by atoms with Gasteiger partial charge >= 0.3 is 0 Å². The SMILES string of the molecule is CCCC(OC)C(N)Cc1ccc(Cl)s1. The Morgan fingerprint density at radius 3 is 2.73 bits per heavy atom. The van der Waals surface area contributed by atoms with Gasteiger partial charge in [-0.3, -0.25) is 0 Å². The normalized spacial score (nSPS) is 15.2. The van der Waals surface area contributed by atoms with Gasteiger partial charge in [0.25, 0.3) is 0 Å². The number of ether oxygens (including phenoxy) is 1. The fourth-order valence-electron chi connectivity index (χ4n) is 1.62. The van der Waals surface area contributed by atoms with Crippen LogP contribution in [-0.2, 0) is 11.2 Å². The molecule has 0 saturated heterocycles. The first kappa shape index (κ1) is 13.0. The van der Waals surface area contributed by atoms with Gasteiger partial charge in [-0.15, -0.1) is 11.3 Å². The van der Waals surface area contributed by atoms with Crippen LogP contribution in [0.15, 0.2) is 12.1 Å². The first-order valence-corrected chi connectivity index (χ1v) is 6.39.